The fourth-order valence-electron chi connectivity index (χ4n) is 5.32. The Balaban J connectivity index is 1.38. The van der Waals surface area contributed by atoms with Gasteiger partial charge >= 0.3 is 0 Å². The van der Waals surface area contributed by atoms with Crippen molar-refractivity contribution >= 4 is 28.7 Å². The summed E-state index contributed by atoms with van der Waals surface area (Å²) in [6.07, 6.45) is 6.75. The average molecular weight is 313 g/mol. The molecule has 22 heavy (non-hydrogen) atoms. The van der Waals surface area contributed by atoms with E-state index in [0.29, 0.717) is 23.4 Å². The van der Waals surface area contributed by atoms with Crippen LogP contribution in [0.3, 0.4) is 0 Å². The highest BCUT2D eigenvalue weighted by molar-refractivity contribution is 7.00. The molecule has 6 rings (SSSR count). The Morgan fingerprint density at radius 2 is 1.68 bits per heavy atom. The zero-order valence-corrected chi connectivity index (χ0v) is 13.2. The van der Waals surface area contributed by atoms with Gasteiger partial charge in [0.15, 0.2) is 0 Å². The maximum Gasteiger partial charge on any atom is 0.251 e. The Morgan fingerprint density at radius 1 is 1.00 bits per heavy atom. The van der Waals surface area contributed by atoms with Gasteiger partial charge < -0.3 is 5.32 Å². The Bertz CT molecular complexity index is 712. The van der Waals surface area contributed by atoms with Crippen molar-refractivity contribution in [2.45, 2.75) is 38.1 Å². The van der Waals surface area contributed by atoms with Crippen molar-refractivity contribution in [1.29, 1.82) is 0 Å². The van der Waals surface area contributed by atoms with Crippen molar-refractivity contribution in [3.05, 3.63) is 23.8 Å². The summed E-state index contributed by atoms with van der Waals surface area (Å²) in [5.41, 5.74) is 2.41. The first-order valence-corrected chi connectivity index (χ1v) is 9.02. The third kappa shape index (κ3) is 1.98. The van der Waals surface area contributed by atoms with E-state index in [4.69, 9.17) is 0 Å². The van der Waals surface area contributed by atoms with Gasteiger partial charge in [0.1, 0.15) is 11.0 Å². The van der Waals surface area contributed by atoms with E-state index >= 15 is 0 Å². The molecule has 4 fully saturated rings. The number of nitrogens with zero attached hydrogens (tertiary/aromatic N) is 2. The summed E-state index contributed by atoms with van der Waals surface area (Å²) in [6.45, 7) is 0. The number of aromatic nitrogens is 2. The average Bonchev–Trinajstić information content (AvgIpc) is 2.97. The Morgan fingerprint density at radius 3 is 2.41 bits per heavy atom. The van der Waals surface area contributed by atoms with E-state index in [2.05, 4.69) is 14.1 Å². The third-order valence-corrected chi connectivity index (χ3v) is 6.60. The molecule has 5 heteroatoms. The smallest absolute Gasteiger partial charge is 0.251 e. The summed E-state index contributed by atoms with van der Waals surface area (Å²) in [4.78, 5) is 12.6. The number of hydrogen-bond donors (Lipinski definition) is 1. The van der Waals surface area contributed by atoms with Gasteiger partial charge in [-0.15, -0.1) is 0 Å². The monoisotopic (exact) mass is 313 g/mol. The van der Waals surface area contributed by atoms with E-state index in [9.17, 15) is 4.79 Å². The van der Waals surface area contributed by atoms with Crippen LogP contribution in [0.1, 0.15) is 42.5 Å². The minimum atomic E-state index is 0.0624. The molecule has 0 atom stereocenters. The fraction of sp³-hybridized carbons (Fsp3) is 0.588. The summed E-state index contributed by atoms with van der Waals surface area (Å²) < 4.78 is 8.43. The number of fused-ring (bicyclic) bond motifs is 1. The molecule has 0 aliphatic heterocycles. The van der Waals surface area contributed by atoms with Gasteiger partial charge in [-0.3, -0.25) is 4.79 Å². The molecular formula is C17H19N3OS. The molecule has 0 saturated heterocycles. The second-order valence-electron chi connectivity index (χ2n) is 7.40. The Labute approximate surface area is 133 Å². The van der Waals surface area contributed by atoms with Gasteiger partial charge in [-0.25, -0.2) is 0 Å². The first-order chi connectivity index (χ1) is 10.8. The van der Waals surface area contributed by atoms with Crippen LogP contribution in [-0.4, -0.2) is 20.7 Å². The van der Waals surface area contributed by atoms with Crippen molar-refractivity contribution in [2.75, 3.05) is 0 Å². The van der Waals surface area contributed by atoms with Crippen molar-refractivity contribution in [3.63, 3.8) is 0 Å². The lowest BCUT2D eigenvalue weighted by Crippen LogP contribution is -2.55. The second-order valence-corrected chi connectivity index (χ2v) is 7.93. The minimum Gasteiger partial charge on any atom is -0.349 e. The number of carbonyl (C=O) groups excluding carboxylic acids is 1. The summed E-state index contributed by atoms with van der Waals surface area (Å²) in [5, 5.41) is 3.35. The van der Waals surface area contributed by atoms with E-state index in [-0.39, 0.29) is 5.91 Å². The van der Waals surface area contributed by atoms with Crippen LogP contribution in [-0.2, 0) is 0 Å². The highest BCUT2D eigenvalue weighted by Gasteiger charge is 2.48. The van der Waals surface area contributed by atoms with Crippen LogP contribution in [0.15, 0.2) is 18.2 Å². The quantitative estimate of drug-likeness (QED) is 0.926. The lowest BCUT2D eigenvalue weighted by molar-refractivity contribution is -0.0119. The summed E-state index contributed by atoms with van der Waals surface area (Å²) >= 11 is 1.20. The SMILES string of the molecule is O=C(NC1C2CC3CC(C2)CC1C3)c1ccc2nsnc2c1. The Hall–Kier alpha value is -1.49. The number of rotatable bonds is 2. The number of nitrogens with one attached hydrogen (secondary N) is 1. The first-order valence-electron chi connectivity index (χ1n) is 8.29. The molecule has 114 valence electrons. The summed E-state index contributed by atoms with van der Waals surface area (Å²) in [5.74, 6) is 3.36. The van der Waals surface area contributed by atoms with Crippen molar-refractivity contribution in [2.24, 2.45) is 23.7 Å². The van der Waals surface area contributed by atoms with Crippen LogP contribution < -0.4 is 5.32 Å². The van der Waals surface area contributed by atoms with Crippen molar-refractivity contribution in [3.8, 4) is 0 Å². The van der Waals surface area contributed by atoms with Crippen molar-refractivity contribution < 1.29 is 4.79 Å². The van der Waals surface area contributed by atoms with Crippen LogP contribution in [0.25, 0.3) is 11.0 Å². The lowest BCUT2D eigenvalue weighted by atomic mass is 9.54. The molecule has 1 aromatic heterocycles. The summed E-state index contributed by atoms with van der Waals surface area (Å²) in [7, 11) is 0. The molecule has 0 unspecified atom stereocenters. The second kappa shape index (κ2) is 4.75. The van der Waals surface area contributed by atoms with Gasteiger partial charge in [0.25, 0.3) is 5.91 Å². The number of hydrogen-bond acceptors (Lipinski definition) is 4. The normalized spacial score (nSPS) is 35.9. The van der Waals surface area contributed by atoms with Gasteiger partial charge in [-0.2, -0.15) is 8.75 Å². The maximum absolute atomic E-state index is 12.6. The zero-order valence-electron chi connectivity index (χ0n) is 12.4. The standard InChI is InChI=1S/C17H19N3OS/c21-17(11-1-2-14-15(8-11)20-22-19-14)18-16-12-4-9-3-10(6-12)7-13(16)5-9/h1-2,8-10,12-13,16H,3-7H2,(H,18,21). The molecule has 1 N–H and O–H groups in total. The minimum absolute atomic E-state index is 0.0624. The van der Waals surface area contributed by atoms with E-state index < -0.39 is 0 Å². The topological polar surface area (TPSA) is 54.9 Å². The molecule has 1 amide bonds. The van der Waals surface area contributed by atoms with Crippen LogP contribution in [0.2, 0.25) is 0 Å². The fourth-order valence-corrected chi connectivity index (χ4v) is 5.84. The van der Waals surface area contributed by atoms with Crippen LogP contribution in [0.5, 0.6) is 0 Å². The highest BCUT2D eigenvalue weighted by Crippen LogP contribution is 2.53. The molecule has 0 spiro atoms. The molecule has 4 aliphatic rings. The number of amides is 1. The van der Waals surface area contributed by atoms with E-state index in [1.807, 2.05) is 18.2 Å². The molecule has 2 aromatic rings. The molecule has 1 heterocycles. The van der Waals surface area contributed by atoms with E-state index in [0.717, 1.165) is 22.9 Å². The molecule has 4 aliphatic carbocycles. The lowest BCUT2D eigenvalue weighted by Gasteiger charge is -2.54. The van der Waals surface area contributed by atoms with Crippen LogP contribution >= 0.6 is 11.7 Å². The summed E-state index contributed by atoms with van der Waals surface area (Å²) in [6, 6.07) is 6.02. The first kappa shape index (κ1) is 13.0. The van der Waals surface area contributed by atoms with Gasteiger partial charge in [0, 0.05) is 11.6 Å². The third-order valence-electron chi connectivity index (χ3n) is 6.04. The van der Waals surface area contributed by atoms with Crippen molar-refractivity contribution in [1.82, 2.24) is 14.1 Å². The van der Waals surface area contributed by atoms with E-state index in [1.165, 1.54) is 43.8 Å². The van der Waals surface area contributed by atoms with Crippen LogP contribution in [0.4, 0.5) is 0 Å². The van der Waals surface area contributed by atoms with Gasteiger partial charge in [-0.05, 0) is 74.0 Å². The van der Waals surface area contributed by atoms with Crippen LogP contribution in [0, 0.1) is 23.7 Å². The molecule has 1 aromatic carbocycles. The molecule has 0 radical (unpaired) electrons. The molecule has 4 saturated carbocycles. The predicted molar refractivity (Wildman–Crippen MR) is 85.7 cm³/mol. The highest BCUT2D eigenvalue weighted by atomic mass is 32.1. The van der Waals surface area contributed by atoms with Gasteiger partial charge in [0.05, 0.1) is 11.7 Å². The van der Waals surface area contributed by atoms with E-state index in [1.54, 1.807) is 0 Å². The molecule has 4 bridgehead atoms. The molecule has 4 nitrogen and oxygen atoms in total. The van der Waals surface area contributed by atoms with Gasteiger partial charge in [-0.1, -0.05) is 0 Å². The number of carbonyl (C=O) groups is 1. The predicted octanol–water partition coefficient (Wildman–Crippen LogP) is 3.25. The Kier molecular flexibility index (Phi) is 2.81. The largest absolute Gasteiger partial charge is 0.349 e. The number of benzene rings is 1. The van der Waals surface area contributed by atoms with Gasteiger partial charge in [0.2, 0.25) is 0 Å². The molecular weight excluding hydrogens is 294 g/mol. The zero-order chi connectivity index (χ0) is 14.7. The maximum atomic E-state index is 12.6.